The highest BCUT2D eigenvalue weighted by atomic mass is 28.4. The molecule has 108 valence electrons. The molecule has 0 radical (unpaired) electrons. The van der Waals surface area contributed by atoms with Gasteiger partial charge in [0.15, 0.2) is 0 Å². The van der Waals surface area contributed by atoms with Crippen molar-refractivity contribution in [3.05, 3.63) is 29.3 Å². The summed E-state index contributed by atoms with van der Waals surface area (Å²) < 4.78 is 20.6. The van der Waals surface area contributed by atoms with Gasteiger partial charge in [0.2, 0.25) is 0 Å². The molecule has 5 heteroatoms. The predicted octanol–water partition coefficient (Wildman–Crippen LogP) is 2.31. The van der Waals surface area contributed by atoms with E-state index in [4.69, 9.17) is 37.3 Å². The normalized spacial score (nSPS) is 9.67. The van der Waals surface area contributed by atoms with Crippen LogP contribution in [0.2, 0.25) is 6.04 Å². The summed E-state index contributed by atoms with van der Waals surface area (Å²) in [5, 5.41) is 0. The average Bonchev–Trinajstić information content (AvgIpc) is 2.47. The summed E-state index contributed by atoms with van der Waals surface area (Å²) >= 11 is 0. The third kappa shape index (κ3) is 4.42. The van der Waals surface area contributed by atoms with Crippen molar-refractivity contribution in [2.75, 3.05) is 7.11 Å². The van der Waals surface area contributed by atoms with Gasteiger partial charge in [-0.05, 0) is 36.6 Å². The number of aryl methyl sites for hydroxylation is 2. The first kappa shape index (κ1) is 16.4. The lowest BCUT2D eigenvalue weighted by molar-refractivity contribution is 0.212. The van der Waals surface area contributed by atoms with Gasteiger partial charge in [0.1, 0.15) is 5.75 Å². The lowest BCUT2D eigenvalue weighted by Crippen LogP contribution is -2.42. The molecule has 0 saturated carbocycles. The van der Waals surface area contributed by atoms with Crippen LogP contribution in [-0.4, -0.2) is 15.9 Å². The number of terminal acetylenes is 3. The van der Waals surface area contributed by atoms with E-state index < -0.39 is 8.80 Å². The first-order chi connectivity index (χ1) is 10.1. The Balaban J connectivity index is 2.94. The van der Waals surface area contributed by atoms with Gasteiger partial charge in [0, 0.05) is 0 Å². The van der Waals surface area contributed by atoms with Gasteiger partial charge in [-0.1, -0.05) is 25.3 Å². The average molecular weight is 300 g/mol. The van der Waals surface area contributed by atoms with E-state index in [0.717, 1.165) is 16.9 Å². The van der Waals surface area contributed by atoms with E-state index >= 15 is 0 Å². The molecule has 21 heavy (non-hydrogen) atoms. The van der Waals surface area contributed by atoms with Crippen molar-refractivity contribution in [3.63, 3.8) is 0 Å². The number of methoxy groups -OCH3 is 1. The van der Waals surface area contributed by atoms with E-state index in [-0.39, 0.29) is 0 Å². The molecular weight excluding hydrogens is 284 g/mol. The predicted molar refractivity (Wildman–Crippen MR) is 81.8 cm³/mol. The maximum atomic E-state index is 5.20. The maximum absolute atomic E-state index is 5.20. The summed E-state index contributed by atoms with van der Waals surface area (Å²) in [7, 11) is -1.67. The monoisotopic (exact) mass is 300 g/mol. The van der Waals surface area contributed by atoms with Crippen LogP contribution in [-0.2, 0) is 19.7 Å². The molecule has 0 unspecified atom stereocenters. The number of hydrogen-bond acceptors (Lipinski definition) is 4. The molecule has 1 aromatic rings. The van der Waals surface area contributed by atoms with Crippen molar-refractivity contribution < 1.29 is 18.0 Å². The second kappa shape index (κ2) is 7.80. The number of benzene rings is 1. The highest BCUT2D eigenvalue weighted by Crippen LogP contribution is 2.23. The third-order valence-electron chi connectivity index (χ3n) is 2.90. The van der Waals surface area contributed by atoms with Crippen molar-refractivity contribution in [2.24, 2.45) is 0 Å². The molecule has 0 N–H and O–H groups in total. The summed E-state index contributed by atoms with van der Waals surface area (Å²) in [6.07, 6.45) is 22.2. The minimum absolute atomic E-state index is 0.361. The highest BCUT2D eigenvalue weighted by molar-refractivity contribution is 6.61. The molecule has 0 saturated heterocycles. The van der Waals surface area contributed by atoms with Crippen molar-refractivity contribution in [3.8, 4) is 43.3 Å². The van der Waals surface area contributed by atoms with Crippen LogP contribution in [0.25, 0.3) is 0 Å². The Hall–Kier alpha value is -2.68. The van der Waals surface area contributed by atoms with Gasteiger partial charge in [-0.25, -0.2) is 0 Å². The minimum atomic E-state index is -3.28. The number of hydrogen-bond donors (Lipinski definition) is 0. The maximum Gasteiger partial charge on any atom is 0.725 e. The van der Waals surface area contributed by atoms with E-state index in [1.54, 1.807) is 7.11 Å². The molecule has 0 aliphatic heterocycles. The quantitative estimate of drug-likeness (QED) is 0.572. The molecule has 0 aliphatic rings. The summed E-state index contributed by atoms with van der Waals surface area (Å²) in [6.45, 7) is 1.99. The van der Waals surface area contributed by atoms with Gasteiger partial charge in [0.25, 0.3) is 0 Å². The first-order valence-electron chi connectivity index (χ1n) is 6.15. The zero-order valence-electron chi connectivity index (χ0n) is 12.0. The van der Waals surface area contributed by atoms with Gasteiger partial charge >= 0.3 is 8.80 Å². The Morgan fingerprint density at radius 3 is 2.10 bits per heavy atom. The van der Waals surface area contributed by atoms with Crippen LogP contribution in [0.4, 0.5) is 0 Å². The molecule has 0 bridgehead atoms. The van der Waals surface area contributed by atoms with Gasteiger partial charge < -0.3 is 18.0 Å². The van der Waals surface area contributed by atoms with Crippen LogP contribution < -0.4 is 4.74 Å². The fourth-order valence-electron chi connectivity index (χ4n) is 1.82. The van der Waals surface area contributed by atoms with E-state index in [1.165, 1.54) is 0 Å². The minimum Gasteiger partial charge on any atom is -0.497 e. The topological polar surface area (TPSA) is 36.9 Å². The van der Waals surface area contributed by atoms with Gasteiger partial charge in [-0.15, -0.1) is 0 Å². The summed E-state index contributed by atoms with van der Waals surface area (Å²) in [6, 6.07) is 6.14. The van der Waals surface area contributed by atoms with Gasteiger partial charge in [-0.3, -0.25) is 0 Å². The molecule has 0 spiro atoms. The fraction of sp³-hybridized carbons (Fsp3) is 0.250. The van der Waals surface area contributed by atoms with Crippen molar-refractivity contribution >= 4 is 8.80 Å². The summed E-state index contributed by atoms with van der Waals surface area (Å²) in [5.74, 6) is 0.761. The highest BCUT2D eigenvalue weighted by Gasteiger charge is 2.48. The second-order valence-electron chi connectivity index (χ2n) is 4.14. The fourth-order valence-corrected chi connectivity index (χ4v) is 3.36. The Kier molecular flexibility index (Phi) is 6.08. The van der Waals surface area contributed by atoms with E-state index in [1.807, 2.05) is 43.4 Å². The largest absolute Gasteiger partial charge is 0.725 e. The Labute approximate surface area is 126 Å². The molecule has 0 aliphatic carbocycles. The van der Waals surface area contributed by atoms with Crippen molar-refractivity contribution in [1.82, 2.24) is 0 Å². The molecule has 4 nitrogen and oxygen atoms in total. The molecule has 1 aromatic carbocycles. The Morgan fingerprint density at radius 2 is 1.62 bits per heavy atom. The van der Waals surface area contributed by atoms with Gasteiger partial charge in [0.05, 0.1) is 31.5 Å². The lowest BCUT2D eigenvalue weighted by atomic mass is 10.1. The molecule has 1 rings (SSSR count). The van der Waals surface area contributed by atoms with Gasteiger partial charge in [-0.2, -0.15) is 0 Å². The molecule has 0 amide bonds. The standard InChI is InChI=1S/C16H16O4Si/c1-6-18-21(19-7-2,20-8-3)12-11-15-13-16(17-5)10-9-14(15)4/h1-3,9-10,13H,11-12H2,4-5H3. The van der Waals surface area contributed by atoms with Crippen LogP contribution in [0, 0.1) is 44.5 Å². The second-order valence-corrected chi connectivity index (χ2v) is 6.61. The van der Waals surface area contributed by atoms with Crippen LogP contribution in [0.5, 0.6) is 5.75 Å². The molecule has 0 fully saturated rings. The molecule has 0 aromatic heterocycles. The Bertz CT molecular complexity index is 563. The van der Waals surface area contributed by atoms with Crippen LogP contribution in [0.3, 0.4) is 0 Å². The van der Waals surface area contributed by atoms with E-state index in [9.17, 15) is 0 Å². The van der Waals surface area contributed by atoms with Crippen LogP contribution in [0.1, 0.15) is 11.1 Å². The van der Waals surface area contributed by atoms with Crippen molar-refractivity contribution in [2.45, 2.75) is 19.4 Å². The lowest BCUT2D eigenvalue weighted by Gasteiger charge is -2.21. The number of rotatable bonds is 7. The zero-order valence-corrected chi connectivity index (χ0v) is 13.0. The molecular formula is C16H16O4Si. The SMILES string of the molecule is C#CO[Si](CCc1cc(OC)ccc1C)(OC#C)OC#C. The zero-order chi connectivity index (χ0) is 15.7. The molecule has 0 atom stereocenters. The smallest absolute Gasteiger partial charge is 0.497 e. The molecule has 0 heterocycles. The van der Waals surface area contributed by atoms with Crippen LogP contribution >= 0.6 is 0 Å². The van der Waals surface area contributed by atoms with E-state index in [0.29, 0.717) is 12.5 Å². The van der Waals surface area contributed by atoms with Crippen molar-refractivity contribution in [1.29, 1.82) is 0 Å². The van der Waals surface area contributed by atoms with Crippen LogP contribution in [0.15, 0.2) is 18.2 Å². The third-order valence-corrected chi connectivity index (χ3v) is 5.05. The Morgan fingerprint density at radius 1 is 1.05 bits per heavy atom. The summed E-state index contributed by atoms with van der Waals surface area (Å²) in [5.41, 5.74) is 2.15. The van der Waals surface area contributed by atoms with E-state index in [2.05, 4.69) is 0 Å². The number of ether oxygens (including phenoxy) is 1. The summed E-state index contributed by atoms with van der Waals surface area (Å²) in [4.78, 5) is 0. The first-order valence-corrected chi connectivity index (χ1v) is 8.08.